The predicted molar refractivity (Wildman–Crippen MR) is 184 cm³/mol. The number of amides is 3. The topological polar surface area (TPSA) is 238 Å². The lowest BCUT2D eigenvalue weighted by atomic mass is 10.1. The van der Waals surface area contributed by atoms with Crippen LogP contribution in [0.25, 0.3) is 33.4 Å². The Balaban J connectivity index is 0.941. The molecule has 1 aliphatic heterocycles. The van der Waals surface area contributed by atoms with Gasteiger partial charge in [-0.1, -0.05) is 0 Å². The van der Waals surface area contributed by atoms with Gasteiger partial charge in [-0.05, 0) is 31.0 Å². The minimum absolute atomic E-state index is 0.0196. The number of hydrogen-bond acceptors (Lipinski definition) is 14. The first-order valence-electron chi connectivity index (χ1n) is 16.4. The van der Waals surface area contributed by atoms with E-state index in [0.717, 1.165) is 12.0 Å². The van der Waals surface area contributed by atoms with Crippen molar-refractivity contribution in [3.8, 4) is 11.3 Å². The molecule has 18 nitrogen and oxygen atoms in total. The second kappa shape index (κ2) is 15.5. The fourth-order valence-electron chi connectivity index (χ4n) is 5.65. The lowest BCUT2D eigenvalue weighted by molar-refractivity contribution is -0.132. The van der Waals surface area contributed by atoms with E-state index in [1.54, 1.807) is 15.6 Å². The Morgan fingerprint density at radius 1 is 0.960 bits per heavy atom. The molecule has 3 amide bonds. The first kappa shape index (κ1) is 34.0. The van der Waals surface area contributed by atoms with Crippen LogP contribution in [0.1, 0.15) is 36.5 Å². The summed E-state index contributed by atoms with van der Waals surface area (Å²) in [5.41, 5.74) is 15.5. The van der Waals surface area contributed by atoms with Gasteiger partial charge in [-0.25, -0.2) is 24.6 Å². The van der Waals surface area contributed by atoms with Crippen molar-refractivity contribution in [2.24, 2.45) is 0 Å². The first-order chi connectivity index (χ1) is 24.3. The Hall–Kier alpha value is -5.91. The number of rotatable bonds is 14. The average molecular weight is 686 g/mol. The van der Waals surface area contributed by atoms with Crippen LogP contribution in [-0.4, -0.2) is 110 Å². The SMILES string of the molecule is CC(=O)NCCOCCC(=O)N1CCN(c2ncc(C(=O)NCCCCn3nc(-c4ccc5oc(N)nc5c4)c4c(N)ncnc43)cn2)CC1. The number of piperazine rings is 1. The van der Waals surface area contributed by atoms with E-state index in [0.29, 0.717) is 111 Å². The standard InChI is InChI=1S/C32H39N13O5/c1-20(46)35-8-15-49-14-6-25(47)43-10-12-44(13-11-43)32-37-17-22(18-38-32)30(48)36-7-2-3-9-45-29-26(28(33)39-19-40-29)27(42-45)21-4-5-24-23(16-21)41-31(34)50-24/h4-5,16-19H,2-3,6-15H2,1H3,(H2,34,41)(H,35,46)(H,36,48)(H2,33,39,40). The van der Waals surface area contributed by atoms with Crippen LogP contribution in [0.5, 0.6) is 0 Å². The van der Waals surface area contributed by atoms with Crippen molar-refractivity contribution in [1.82, 2.24) is 50.2 Å². The monoisotopic (exact) mass is 685 g/mol. The molecule has 5 heterocycles. The van der Waals surface area contributed by atoms with Crippen molar-refractivity contribution in [3.05, 3.63) is 42.5 Å². The molecule has 5 aromatic rings. The molecular formula is C32H39N13O5. The summed E-state index contributed by atoms with van der Waals surface area (Å²) in [6.07, 6.45) is 6.13. The van der Waals surface area contributed by atoms with Crippen LogP contribution in [0.15, 0.2) is 41.3 Å². The number of unbranched alkanes of at least 4 members (excludes halogenated alkanes) is 1. The van der Waals surface area contributed by atoms with Crippen LogP contribution in [-0.2, 0) is 20.9 Å². The quantitative estimate of drug-likeness (QED) is 0.119. The molecule has 1 aromatic carbocycles. The Bertz CT molecular complexity index is 1970. The zero-order valence-electron chi connectivity index (χ0n) is 27.7. The van der Waals surface area contributed by atoms with Crippen molar-refractivity contribution in [3.63, 3.8) is 0 Å². The van der Waals surface area contributed by atoms with Crippen LogP contribution >= 0.6 is 0 Å². The summed E-state index contributed by atoms with van der Waals surface area (Å²) < 4.78 is 12.6. The van der Waals surface area contributed by atoms with Crippen molar-refractivity contribution in [2.75, 3.05) is 68.8 Å². The number of benzene rings is 1. The largest absolute Gasteiger partial charge is 0.424 e. The zero-order chi connectivity index (χ0) is 35.0. The summed E-state index contributed by atoms with van der Waals surface area (Å²) in [5.74, 6) is 0.477. The molecule has 0 saturated carbocycles. The molecule has 1 saturated heterocycles. The Labute approximate surface area is 286 Å². The van der Waals surface area contributed by atoms with Gasteiger partial charge in [0, 0.05) is 70.7 Å². The number of hydrogen-bond donors (Lipinski definition) is 4. The first-order valence-corrected chi connectivity index (χ1v) is 16.4. The molecule has 18 heteroatoms. The minimum atomic E-state index is -0.262. The average Bonchev–Trinajstić information content (AvgIpc) is 3.69. The van der Waals surface area contributed by atoms with Gasteiger partial charge in [0.25, 0.3) is 11.9 Å². The Morgan fingerprint density at radius 3 is 2.54 bits per heavy atom. The molecule has 262 valence electrons. The summed E-state index contributed by atoms with van der Waals surface area (Å²) in [4.78, 5) is 61.6. The van der Waals surface area contributed by atoms with Crippen molar-refractivity contribution < 1.29 is 23.5 Å². The zero-order valence-corrected chi connectivity index (χ0v) is 27.7. The maximum absolute atomic E-state index is 12.8. The second-order valence-corrected chi connectivity index (χ2v) is 11.7. The lowest BCUT2D eigenvalue weighted by Crippen LogP contribution is -2.49. The molecule has 1 fully saturated rings. The van der Waals surface area contributed by atoms with Gasteiger partial charge in [-0.15, -0.1) is 0 Å². The predicted octanol–water partition coefficient (Wildman–Crippen LogP) is 0.991. The van der Waals surface area contributed by atoms with E-state index in [-0.39, 0.29) is 30.2 Å². The number of aromatic nitrogens is 7. The molecule has 0 radical (unpaired) electrons. The summed E-state index contributed by atoms with van der Waals surface area (Å²) in [5, 5.41) is 11.0. The number of oxazole rings is 1. The molecule has 50 heavy (non-hydrogen) atoms. The molecule has 0 atom stereocenters. The van der Waals surface area contributed by atoms with E-state index in [4.69, 9.17) is 25.7 Å². The highest BCUT2D eigenvalue weighted by molar-refractivity contribution is 5.99. The van der Waals surface area contributed by atoms with Crippen LogP contribution < -0.4 is 27.0 Å². The van der Waals surface area contributed by atoms with E-state index in [1.165, 1.54) is 25.6 Å². The third-order valence-corrected chi connectivity index (χ3v) is 8.21. The molecule has 1 aliphatic rings. The van der Waals surface area contributed by atoms with Gasteiger partial charge in [0.1, 0.15) is 23.4 Å². The van der Waals surface area contributed by atoms with Crippen molar-refractivity contribution >= 4 is 57.6 Å². The van der Waals surface area contributed by atoms with E-state index in [1.807, 2.05) is 17.0 Å². The van der Waals surface area contributed by atoms with Gasteiger partial charge in [-0.2, -0.15) is 10.1 Å². The molecule has 4 aromatic heterocycles. The van der Waals surface area contributed by atoms with Crippen LogP contribution in [0, 0.1) is 0 Å². The number of nitrogens with one attached hydrogen (secondary N) is 2. The van der Waals surface area contributed by atoms with E-state index in [9.17, 15) is 14.4 Å². The normalized spacial score (nSPS) is 13.2. The van der Waals surface area contributed by atoms with Crippen molar-refractivity contribution in [2.45, 2.75) is 32.7 Å². The number of nitrogen functional groups attached to an aromatic ring is 2. The highest BCUT2D eigenvalue weighted by Crippen LogP contribution is 2.32. The number of fused-ring (bicyclic) bond motifs is 2. The molecule has 0 aliphatic carbocycles. The van der Waals surface area contributed by atoms with E-state index < -0.39 is 0 Å². The molecule has 6 rings (SSSR count). The lowest BCUT2D eigenvalue weighted by Gasteiger charge is -2.34. The van der Waals surface area contributed by atoms with Crippen LogP contribution in [0.2, 0.25) is 0 Å². The summed E-state index contributed by atoms with van der Waals surface area (Å²) >= 11 is 0. The maximum atomic E-state index is 12.8. The maximum Gasteiger partial charge on any atom is 0.292 e. The molecular weight excluding hydrogens is 646 g/mol. The third-order valence-electron chi connectivity index (χ3n) is 8.21. The van der Waals surface area contributed by atoms with E-state index >= 15 is 0 Å². The van der Waals surface area contributed by atoms with Gasteiger partial charge in [0.2, 0.25) is 17.8 Å². The number of nitrogens with zero attached hydrogens (tertiary/aromatic N) is 9. The van der Waals surface area contributed by atoms with Gasteiger partial charge < -0.3 is 41.1 Å². The fourth-order valence-corrected chi connectivity index (χ4v) is 5.65. The van der Waals surface area contributed by atoms with Crippen LogP contribution in [0.3, 0.4) is 0 Å². The second-order valence-electron chi connectivity index (χ2n) is 11.7. The number of aryl methyl sites for hydroxylation is 1. The van der Waals surface area contributed by atoms with Crippen LogP contribution in [0.4, 0.5) is 17.8 Å². The van der Waals surface area contributed by atoms with Gasteiger partial charge in [0.05, 0.1) is 30.6 Å². The number of carbonyl (C=O) groups excluding carboxylic acids is 3. The summed E-state index contributed by atoms with van der Waals surface area (Å²) in [7, 11) is 0. The fraction of sp³-hybridized carbons (Fsp3) is 0.406. The van der Waals surface area contributed by atoms with Gasteiger partial charge in [0.15, 0.2) is 11.2 Å². The van der Waals surface area contributed by atoms with E-state index in [2.05, 4.69) is 35.6 Å². The van der Waals surface area contributed by atoms with Crippen molar-refractivity contribution in [1.29, 1.82) is 0 Å². The highest BCUT2D eigenvalue weighted by Gasteiger charge is 2.23. The number of ether oxygens (including phenoxy) is 1. The number of anilines is 3. The number of nitrogens with two attached hydrogens (primary N) is 2. The molecule has 6 N–H and O–H groups in total. The summed E-state index contributed by atoms with van der Waals surface area (Å²) in [6.45, 7) is 5.78. The van der Waals surface area contributed by atoms with Gasteiger partial charge in [-0.3, -0.25) is 14.4 Å². The molecule has 0 spiro atoms. The molecule has 0 unspecified atom stereocenters. The number of carbonyl (C=O) groups is 3. The third kappa shape index (κ3) is 8.03. The summed E-state index contributed by atoms with van der Waals surface area (Å²) in [6, 6.07) is 5.57. The molecule has 0 bridgehead atoms. The van der Waals surface area contributed by atoms with Gasteiger partial charge >= 0.3 is 0 Å². The smallest absolute Gasteiger partial charge is 0.292 e. The highest BCUT2D eigenvalue weighted by atomic mass is 16.5. The Kier molecular flexibility index (Phi) is 10.6. The minimum Gasteiger partial charge on any atom is -0.424 e. The Morgan fingerprint density at radius 2 is 1.76 bits per heavy atom.